The van der Waals surface area contributed by atoms with Gasteiger partial charge in [-0.25, -0.2) is 13.1 Å². The Balaban J connectivity index is 1.80. The van der Waals surface area contributed by atoms with Crippen LogP contribution < -0.4 is 10.5 Å². The first-order chi connectivity index (χ1) is 9.35. The lowest BCUT2D eigenvalue weighted by molar-refractivity contribution is -0.137. The Kier molecular flexibility index (Phi) is 5.04. The van der Waals surface area contributed by atoms with Crippen molar-refractivity contribution in [3.05, 3.63) is 0 Å². The maximum Gasteiger partial charge on any atom is 0.225 e. The minimum Gasteiger partial charge on any atom is -0.342 e. The van der Waals surface area contributed by atoms with Crippen molar-refractivity contribution < 1.29 is 13.2 Å². The van der Waals surface area contributed by atoms with Crippen LogP contribution in [-0.4, -0.2) is 50.7 Å². The molecule has 116 valence electrons. The van der Waals surface area contributed by atoms with Gasteiger partial charge in [-0.15, -0.1) is 0 Å². The van der Waals surface area contributed by atoms with Crippen LogP contribution in [0.4, 0.5) is 0 Å². The van der Waals surface area contributed by atoms with E-state index in [0.717, 1.165) is 25.7 Å². The molecule has 1 saturated carbocycles. The predicted octanol–water partition coefficient (Wildman–Crippen LogP) is 0.0441. The van der Waals surface area contributed by atoms with E-state index in [2.05, 4.69) is 4.72 Å². The number of hydrogen-bond donors (Lipinski definition) is 2. The highest BCUT2D eigenvalue weighted by atomic mass is 32.2. The molecule has 0 bridgehead atoms. The second-order valence-electron chi connectivity index (χ2n) is 6.10. The van der Waals surface area contributed by atoms with Crippen molar-refractivity contribution in [2.75, 3.05) is 19.3 Å². The van der Waals surface area contributed by atoms with Crippen LogP contribution in [0.15, 0.2) is 0 Å². The summed E-state index contributed by atoms with van der Waals surface area (Å²) in [5.74, 6) is 0.351. The first-order valence-corrected chi connectivity index (χ1v) is 9.26. The molecule has 2 aliphatic rings. The third-order valence-electron chi connectivity index (χ3n) is 4.31. The summed E-state index contributed by atoms with van der Waals surface area (Å²) in [4.78, 5) is 14.3. The maximum atomic E-state index is 12.4. The number of rotatable bonds is 3. The lowest BCUT2D eigenvalue weighted by Gasteiger charge is -2.35. The molecule has 0 spiro atoms. The molecule has 0 aromatic heterocycles. The Morgan fingerprint density at radius 2 is 1.65 bits per heavy atom. The van der Waals surface area contributed by atoms with Gasteiger partial charge in [0.15, 0.2) is 0 Å². The molecule has 1 saturated heterocycles. The van der Waals surface area contributed by atoms with Crippen LogP contribution in [0.1, 0.15) is 38.5 Å². The summed E-state index contributed by atoms with van der Waals surface area (Å²) in [7, 11) is -3.16. The van der Waals surface area contributed by atoms with Gasteiger partial charge in [-0.3, -0.25) is 4.79 Å². The minimum absolute atomic E-state index is 0.0335. The molecule has 7 heteroatoms. The average Bonchev–Trinajstić information content (AvgIpc) is 2.38. The zero-order valence-electron chi connectivity index (χ0n) is 12.0. The van der Waals surface area contributed by atoms with Crippen molar-refractivity contribution in [2.24, 2.45) is 11.7 Å². The number of hydrogen-bond acceptors (Lipinski definition) is 4. The van der Waals surface area contributed by atoms with Crippen LogP contribution in [0.25, 0.3) is 0 Å². The summed E-state index contributed by atoms with van der Waals surface area (Å²) in [6.07, 6.45) is 6.22. The molecule has 0 unspecified atom stereocenters. The molecular weight excluding hydrogens is 278 g/mol. The van der Waals surface area contributed by atoms with E-state index in [4.69, 9.17) is 5.73 Å². The number of likely N-dealkylation sites (tertiary alicyclic amines) is 1. The topological polar surface area (TPSA) is 92.5 Å². The second kappa shape index (κ2) is 6.41. The SMILES string of the molecule is CS(=O)(=O)NC1CCN(C(=O)C2CCC(N)CC2)CC1. The van der Waals surface area contributed by atoms with Crippen LogP contribution in [0, 0.1) is 5.92 Å². The summed E-state index contributed by atoms with van der Waals surface area (Å²) in [6, 6.07) is 0.220. The fraction of sp³-hybridized carbons (Fsp3) is 0.923. The van der Waals surface area contributed by atoms with E-state index in [1.165, 1.54) is 6.26 Å². The summed E-state index contributed by atoms with van der Waals surface area (Å²) in [5, 5.41) is 0. The van der Waals surface area contributed by atoms with E-state index < -0.39 is 10.0 Å². The van der Waals surface area contributed by atoms with Gasteiger partial charge in [0.2, 0.25) is 15.9 Å². The van der Waals surface area contributed by atoms with Gasteiger partial charge < -0.3 is 10.6 Å². The number of carbonyl (C=O) groups is 1. The number of nitrogens with zero attached hydrogens (tertiary/aromatic N) is 1. The van der Waals surface area contributed by atoms with Crippen LogP contribution in [0.5, 0.6) is 0 Å². The molecule has 2 rings (SSSR count). The number of carbonyl (C=O) groups excluding carboxylic acids is 1. The highest BCUT2D eigenvalue weighted by Gasteiger charge is 2.31. The molecule has 0 aromatic carbocycles. The van der Waals surface area contributed by atoms with Gasteiger partial charge in [0.25, 0.3) is 0 Å². The van der Waals surface area contributed by atoms with Crippen molar-refractivity contribution >= 4 is 15.9 Å². The third kappa shape index (κ3) is 4.43. The Hall–Kier alpha value is -0.660. The fourth-order valence-electron chi connectivity index (χ4n) is 3.14. The summed E-state index contributed by atoms with van der Waals surface area (Å²) >= 11 is 0. The molecular formula is C13H25N3O3S. The van der Waals surface area contributed by atoms with Crippen LogP contribution in [-0.2, 0) is 14.8 Å². The molecule has 20 heavy (non-hydrogen) atoms. The monoisotopic (exact) mass is 303 g/mol. The quantitative estimate of drug-likeness (QED) is 0.770. The van der Waals surface area contributed by atoms with Crippen molar-refractivity contribution in [3.8, 4) is 0 Å². The second-order valence-corrected chi connectivity index (χ2v) is 7.88. The highest BCUT2D eigenvalue weighted by molar-refractivity contribution is 7.88. The average molecular weight is 303 g/mol. The normalized spacial score (nSPS) is 29.4. The summed E-state index contributed by atoms with van der Waals surface area (Å²) in [6.45, 7) is 1.29. The standard InChI is InChI=1S/C13H25N3O3S/c1-20(18,19)15-12-6-8-16(9-7-12)13(17)10-2-4-11(14)5-3-10/h10-12,15H,2-9,14H2,1H3. The highest BCUT2D eigenvalue weighted by Crippen LogP contribution is 2.26. The van der Waals surface area contributed by atoms with E-state index in [1.807, 2.05) is 4.90 Å². The first-order valence-electron chi connectivity index (χ1n) is 7.37. The fourth-order valence-corrected chi connectivity index (χ4v) is 3.99. The number of nitrogens with two attached hydrogens (primary N) is 1. The number of piperidine rings is 1. The van der Waals surface area contributed by atoms with Gasteiger partial charge >= 0.3 is 0 Å². The lowest BCUT2D eigenvalue weighted by atomic mass is 9.85. The number of nitrogens with one attached hydrogen (secondary N) is 1. The molecule has 1 heterocycles. The largest absolute Gasteiger partial charge is 0.342 e. The predicted molar refractivity (Wildman–Crippen MR) is 77.5 cm³/mol. The van der Waals surface area contributed by atoms with E-state index in [0.29, 0.717) is 25.9 Å². The molecule has 1 aliphatic carbocycles. The van der Waals surface area contributed by atoms with Gasteiger partial charge in [0.05, 0.1) is 6.26 Å². The van der Waals surface area contributed by atoms with E-state index in [1.54, 1.807) is 0 Å². The molecule has 2 fully saturated rings. The molecule has 6 nitrogen and oxygen atoms in total. The molecule has 1 amide bonds. The van der Waals surface area contributed by atoms with Gasteiger partial charge in [-0.2, -0.15) is 0 Å². The van der Waals surface area contributed by atoms with Crippen LogP contribution in [0.3, 0.4) is 0 Å². The molecule has 1 aliphatic heterocycles. The van der Waals surface area contributed by atoms with Gasteiger partial charge in [0.1, 0.15) is 0 Å². The smallest absolute Gasteiger partial charge is 0.225 e. The number of amides is 1. The van der Waals surface area contributed by atoms with E-state index in [9.17, 15) is 13.2 Å². The molecule has 0 radical (unpaired) electrons. The van der Waals surface area contributed by atoms with Gasteiger partial charge in [0, 0.05) is 31.1 Å². The Labute approximate surface area is 121 Å². The zero-order chi connectivity index (χ0) is 14.8. The number of sulfonamides is 1. The van der Waals surface area contributed by atoms with E-state index >= 15 is 0 Å². The van der Waals surface area contributed by atoms with Crippen molar-refractivity contribution in [2.45, 2.75) is 50.6 Å². The van der Waals surface area contributed by atoms with E-state index in [-0.39, 0.29) is 23.9 Å². The summed E-state index contributed by atoms with van der Waals surface area (Å²) in [5.41, 5.74) is 5.86. The van der Waals surface area contributed by atoms with Gasteiger partial charge in [-0.05, 0) is 38.5 Å². The van der Waals surface area contributed by atoms with Gasteiger partial charge in [-0.1, -0.05) is 0 Å². The third-order valence-corrected chi connectivity index (χ3v) is 5.07. The Morgan fingerprint density at radius 1 is 1.10 bits per heavy atom. The van der Waals surface area contributed by atoms with Crippen molar-refractivity contribution in [1.29, 1.82) is 0 Å². The molecule has 3 N–H and O–H groups in total. The molecule has 0 atom stereocenters. The van der Waals surface area contributed by atoms with Crippen molar-refractivity contribution in [1.82, 2.24) is 9.62 Å². The van der Waals surface area contributed by atoms with Crippen LogP contribution in [0.2, 0.25) is 0 Å². The lowest BCUT2D eigenvalue weighted by Crippen LogP contribution is -2.48. The first kappa shape index (κ1) is 15.7. The zero-order valence-corrected chi connectivity index (χ0v) is 12.9. The minimum atomic E-state index is -3.16. The van der Waals surface area contributed by atoms with Crippen molar-refractivity contribution in [3.63, 3.8) is 0 Å². The molecule has 0 aromatic rings. The summed E-state index contributed by atoms with van der Waals surface area (Å²) < 4.78 is 25.0. The Bertz CT molecular complexity index is 436. The van der Waals surface area contributed by atoms with Crippen LogP contribution >= 0.6 is 0 Å². The Morgan fingerprint density at radius 3 is 2.15 bits per heavy atom. The maximum absolute atomic E-state index is 12.4.